The summed E-state index contributed by atoms with van der Waals surface area (Å²) in [4.78, 5) is 2.34. The second kappa shape index (κ2) is 8.75. The normalized spacial score (nSPS) is 21.5. The molecule has 2 aromatic rings. The van der Waals surface area contributed by atoms with Crippen LogP contribution in [0.5, 0.6) is 34.5 Å². The van der Waals surface area contributed by atoms with Crippen LogP contribution in [-0.4, -0.2) is 52.3 Å². The summed E-state index contributed by atoms with van der Waals surface area (Å²) in [7, 11) is 4.89. The Morgan fingerprint density at radius 1 is 0.871 bits per heavy atom. The maximum Gasteiger partial charge on any atom is 0.231 e. The van der Waals surface area contributed by atoms with Gasteiger partial charge in [0.1, 0.15) is 5.75 Å². The second-order valence-electron chi connectivity index (χ2n) is 7.77. The Balaban J connectivity index is 1.89. The third-order valence-corrected chi connectivity index (χ3v) is 6.28. The van der Waals surface area contributed by atoms with Gasteiger partial charge in [0.2, 0.25) is 12.5 Å². The van der Waals surface area contributed by atoms with Crippen LogP contribution in [0.25, 0.3) is 0 Å². The second-order valence-corrected chi connectivity index (χ2v) is 7.77. The molecule has 0 saturated carbocycles. The molecule has 0 bridgehead atoms. The first-order chi connectivity index (χ1) is 15.1. The number of nitrogens with zero attached hydrogens (tertiary/aromatic N) is 1. The van der Waals surface area contributed by atoms with E-state index in [1.54, 1.807) is 21.3 Å². The first-order valence-electron chi connectivity index (χ1n) is 10.7. The summed E-state index contributed by atoms with van der Waals surface area (Å²) < 4.78 is 34.6. The van der Waals surface area contributed by atoms with Crippen molar-refractivity contribution < 1.29 is 28.4 Å². The zero-order chi connectivity index (χ0) is 22.1. The zero-order valence-electron chi connectivity index (χ0n) is 19.1. The molecule has 0 amide bonds. The molecule has 0 fully saturated rings. The molecule has 4 rings (SSSR count). The maximum atomic E-state index is 6.53. The monoisotopic (exact) mass is 429 g/mol. The van der Waals surface area contributed by atoms with Crippen molar-refractivity contribution in [3.63, 3.8) is 0 Å². The number of benzene rings is 2. The summed E-state index contributed by atoms with van der Waals surface area (Å²) in [5, 5.41) is 0. The van der Waals surface area contributed by atoms with Crippen LogP contribution >= 0.6 is 0 Å². The predicted molar refractivity (Wildman–Crippen MR) is 117 cm³/mol. The molecular formula is C24H31NO6. The van der Waals surface area contributed by atoms with Gasteiger partial charge in [0.25, 0.3) is 0 Å². The minimum Gasteiger partial charge on any atom is -0.493 e. The van der Waals surface area contributed by atoms with Crippen molar-refractivity contribution in [1.29, 1.82) is 0 Å². The van der Waals surface area contributed by atoms with Crippen molar-refractivity contribution in [1.82, 2.24) is 4.90 Å². The fourth-order valence-corrected chi connectivity index (χ4v) is 4.72. The Morgan fingerprint density at radius 2 is 1.48 bits per heavy atom. The van der Waals surface area contributed by atoms with E-state index >= 15 is 0 Å². The lowest BCUT2D eigenvalue weighted by atomic mass is 9.78. The molecule has 0 radical (unpaired) electrons. The van der Waals surface area contributed by atoms with Crippen molar-refractivity contribution in [3.05, 3.63) is 35.4 Å². The van der Waals surface area contributed by atoms with Crippen LogP contribution in [0.1, 0.15) is 37.8 Å². The van der Waals surface area contributed by atoms with E-state index in [9.17, 15) is 0 Å². The third-order valence-electron chi connectivity index (χ3n) is 6.28. The summed E-state index contributed by atoms with van der Waals surface area (Å²) in [6.45, 7) is 8.56. The van der Waals surface area contributed by atoms with Gasteiger partial charge < -0.3 is 28.4 Å². The number of fused-ring (bicyclic) bond motifs is 2. The molecule has 2 aromatic carbocycles. The van der Waals surface area contributed by atoms with Crippen molar-refractivity contribution in [3.8, 4) is 34.5 Å². The number of rotatable bonds is 7. The number of methoxy groups -OCH3 is 3. The van der Waals surface area contributed by atoms with Crippen molar-refractivity contribution in [2.24, 2.45) is 5.92 Å². The predicted octanol–water partition coefficient (Wildman–Crippen LogP) is 4.27. The topological polar surface area (TPSA) is 58.6 Å². The molecular weight excluding hydrogens is 398 g/mol. The molecule has 7 nitrogen and oxygen atoms in total. The average Bonchev–Trinajstić information content (AvgIpc) is 3.25. The highest BCUT2D eigenvalue weighted by Crippen LogP contribution is 2.51. The molecule has 7 heteroatoms. The smallest absolute Gasteiger partial charge is 0.231 e. The highest BCUT2D eigenvalue weighted by atomic mass is 16.7. The lowest BCUT2D eigenvalue weighted by molar-refractivity contribution is -0.0257. The Bertz CT molecular complexity index is 917. The zero-order valence-corrected chi connectivity index (χ0v) is 19.1. The maximum absolute atomic E-state index is 6.53. The Labute approximate surface area is 183 Å². The molecule has 0 aliphatic carbocycles. The molecule has 168 valence electrons. The Kier molecular flexibility index (Phi) is 6.05. The molecule has 31 heavy (non-hydrogen) atoms. The Hall–Kier alpha value is -2.80. The van der Waals surface area contributed by atoms with Crippen LogP contribution in [-0.2, 0) is 0 Å². The molecule has 0 unspecified atom stereocenters. The summed E-state index contributed by atoms with van der Waals surface area (Å²) in [5.41, 5.74) is 2.14. The van der Waals surface area contributed by atoms with E-state index in [4.69, 9.17) is 28.4 Å². The number of hydrogen-bond acceptors (Lipinski definition) is 7. The van der Waals surface area contributed by atoms with E-state index in [0.29, 0.717) is 17.2 Å². The minimum atomic E-state index is -0.0769. The lowest BCUT2D eigenvalue weighted by Gasteiger charge is -2.43. The van der Waals surface area contributed by atoms with Crippen molar-refractivity contribution in [2.75, 3.05) is 41.2 Å². The van der Waals surface area contributed by atoms with Gasteiger partial charge >= 0.3 is 0 Å². The van der Waals surface area contributed by atoms with Gasteiger partial charge in [-0.1, -0.05) is 20.8 Å². The van der Waals surface area contributed by atoms with E-state index in [2.05, 4.69) is 25.7 Å². The highest BCUT2D eigenvalue weighted by Gasteiger charge is 2.40. The summed E-state index contributed by atoms with van der Waals surface area (Å²) in [6, 6.07) is 8.05. The minimum absolute atomic E-state index is 0.0394. The fourth-order valence-electron chi connectivity index (χ4n) is 4.72. The van der Waals surface area contributed by atoms with Gasteiger partial charge in [0.15, 0.2) is 29.2 Å². The van der Waals surface area contributed by atoms with Gasteiger partial charge in [0, 0.05) is 23.5 Å². The number of hydrogen-bond donors (Lipinski definition) is 0. The molecule has 0 saturated heterocycles. The van der Waals surface area contributed by atoms with Crippen molar-refractivity contribution in [2.45, 2.75) is 32.9 Å². The van der Waals surface area contributed by atoms with E-state index in [-0.39, 0.29) is 24.9 Å². The fraction of sp³-hybridized carbons (Fsp3) is 0.500. The van der Waals surface area contributed by atoms with Crippen LogP contribution in [0.2, 0.25) is 0 Å². The molecule has 0 N–H and O–H groups in total. The molecule has 2 aliphatic heterocycles. The van der Waals surface area contributed by atoms with E-state index in [0.717, 1.165) is 41.5 Å². The summed E-state index contributed by atoms with van der Waals surface area (Å²) in [5.74, 6) is 4.34. The van der Waals surface area contributed by atoms with Crippen LogP contribution in [0.15, 0.2) is 24.3 Å². The van der Waals surface area contributed by atoms with Gasteiger partial charge in [-0.15, -0.1) is 0 Å². The van der Waals surface area contributed by atoms with Crippen LogP contribution in [0, 0.1) is 5.92 Å². The third kappa shape index (κ3) is 3.61. The van der Waals surface area contributed by atoms with Crippen LogP contribution in [0.4, 0.5) is 0 Å². The molecule has 0 aromatic heterocycles. The quantitative estimate of drug-likeness (QED) is 0.651. The molecule has 3 atom stereocenters. The van der Waals surface area contributed by atoms with Gasteiger partial charge in [0.05, 0.1) is 21.3 Å². The first kappa shape index (κ1) is 21.4. The highest BCUT2D eigenvalue weighted by molar-refractivity contribution is 5.60. The average molecular weight is 430 g/mol. The lowest BCUT2D eigenvalue weighted by Crippen LogP contribution is -2.48. The molecule has 2 heterocycles. The van der Waals surface area contributed by atoms with Gasteiger partial charge in [-0.2, -0.15) is 0 Å². The van der Waals surface area contributed by atoms with Crippen LogP contribution in [0.3, 0.4) is 0 Å². The van der Waals surface area contributed by atoms with Crippen LogP contribution < -0.4 is 28.4 Å². The first-order valence-corrected chi connectivity index (χ1v) is 10.7. The van der Waals surface area contributed by atoms with Crippen molar-refractivity contribution >= 4 is 0 Å². The molecule has 2 aliphatic rings. The number of ether oxygens (including phenoxy) is 6. The standard InChI is InChI=1S/C24H31NO6/c1-7-25(8-2)24-14(3)22(15-9-20(26-4)23(28-6)21(10-15)27-5)16-11-18-19(30-13-29-18)12-17(16)31-24/h9-12,14,22,24H,7-8,13H2,1-6H3/t14-,22-,24-/m1/s1. The molecule has 0 spiro atoms. The van der Waals surface area contributed by atoms with E-state index in [1.165, 1.54) is 0 Å². The van der Waals surface area contributed by atoms with Gasteiger partial charge in [-0.05, 0) is 36.9 Å². The SMILES string of the molecule is CCN(CC)[C@@H]1Oc2cc3c(cc2[C@@H](c2cc(OC)c(OC)c(OC)c2)[C@H]1C)OCO3. The summed E-state index contributed by atoms with van der Waals surface area (Å²) in [6.07, 6.45) is -0.0769. The Morgan fingerprint density at radius 3 is 2.03 bits per heavy atom. The summed E-state index contributed by atoms with van der Waals surface area (Å²) >= 11 is 0. The van der Waals surface area contributed by atoms with E-state index < -0.39 is 0 Å². The van der Waals surface area contributed by atoms with E-state index in [1.807, 2.05) is 24.3 Å². The van der Waals surface area contributed by atoms with Gasteiger partial charge in [-0.25, -0.2) is 0 Å². The largest absolute Gasteiger partial charge is 0.493 e. The van der Waals surface area contributed by atoms with Gasteiger partial charge in [-0.3, -0.25) is 4.90 Å².